The van der Waals surface area contributed by atoms with Crippen molar-refractivity contribution in [3.05, 3.63) is 24.3 Å². The highest BCUT2D eigenvalue weighted by atomic mass is 31.2. The lowest BCUT2D eigenvalue weighted by molar-refractivity contribution is -0.870. The number of rotatable bonds is 52. The number of esters is 2. The van der Waals surface area contributed by atoms with Gasteiger partial charge in [0.05, 0.1) is 27.7 Å². The lowest BCUT2D eigenvalue weighted by atomic mass is 10.0. The summed E-state index contributed by atoms with van der Waals surface area (Å²) in [5.41, 5.74) is 0. The van der Waals surface area contributed by atoms with Crippen LogP contribution in [-0.2, 0) is 32.7 Å². The second kappa shape index (κ2) is 48.5. The molecule has 0 bridgehead atoms. The summed E-state index contributed by atoms with van der Waals surface area (Å²) < 4.78 is 34.1. The number of hydrogen-bond acceptors (Lipinski definition) is 8. The first-order chi connectivity index (χ1) is 32.0. The van der Waals surface area contributed by atoms with E-state index in [0.29, 0.717) is 17.4 Å². The summed E-state index contributed by atoms with van der Waals surface area (Å²) in [5.74, 6) is -0.819. The predicted octanol–water partition coefficient (Wildman–Crippen LogP) is 16.4. The zero-order valence-corrected chi connectivity index (χ0v) is 45.1. The van der Waals surface area contributed by atoms with Crippen LogP contribution in [0.1, 0.15) is 271 Å². The third-order valence-electron chi connectivity index (χ3n) is 12.5. The van der Waals surface area contributed by atoms with Gasteiger partial charge in [-0.15, -0.1) is 0 Å². The van der Waals surface area contributed by atoms with E-state index < -0.39 is 26.5 Å². The van der Waals surface area contributed by atoms with Crippen LogP contribution in [0, 0.1) is 0 Å². The summed E-state index contributed by atoms with van der Waals surface area (Å²) in [5, 5.41) is 0. The van der Waals surface area contributed by atoms with E-state index in [9.17, 15) is 19.0 Å². The molecule has 0 rings (SSSR count). The number of allylic oxidation sites excluding steroid dienone is 4. The number of hydrogen-bond donors (Lipinski definition) is 0. The number of nitrogens with zero attached hydrogens (tertiary/aromatic N) is 1. The summed E-state index contributed by atoms with van der Waals surface area (Å²) in [7, 11) is 1.18. The van der Waals surface area contributed by atoms with Crippen molar-refractivity contribution in [1.82, 2.24) is 0 Å². The molecule has 66 heavy (non-hydrogen) atoms. The smallest absolute Gasteiger partial charge is 0.306 e. The molecule has 2 unspecified atom stereocenters. The van der Waals surface area contributed by atoms with Gasteiger partial charge in [-0.25, -0.2) is 0 Å². The van der Waals surface area contributed by atoms with E-state index in [4.69, 9.17) is 18.5 Å². The summed E-state index contributed by atoms with van der Waals surface area (Å²) >= 11 is 0. The molecule has 9 nitrogen and oxygen atoms in total. The van der Waals surface area contributed by atoms with Gasteiger partial charge in [0.2, 0.25) is 0 Å². The fourth-order valence-corrected chi connectivity index (χ4v) is 8.83. The standard InChI is InChI=1S/C56H108NO8P/c1-6-8-10-12-14-16-18-20-22-24-25-26-27-28-29-30-31-33-35-37-39-41-43-45-47-49-56(59)65-54(53-64-66(60,61)63-51-50-57(3,4)5)52-62-55(58)48-46-44-42-40-38-36-34-32-23-21-19-17-15-13-11-9-7-2/h18,20,24-25,54H,6-17,19,21-23,26-53H2,1-5H3/b20-18-,25-24-. The normalized spacial score (nSPS) is 13.5. The van der Waals surface area contributed by atoms with Gasteiger partial charge in [-0.3, -0.25) is 14.2 Å². The van der Waals surface area contributed by atoms with Crippen molar-refractivity contribution in [1.29, 1.82) is 0 Å². The van der Waals surface area contributed by atoms with Gasteiger partial charge in [-0.05, 0) is 44.9 Å². The highest BCUT2D eigenvalue weighted by molar-refractivity contribution is 7.45. The van der Waals surface area contributed by atoms with E-state index in [2.05, 4.69) is 38.2 Å². The molecule has 0 aliphatic carbocycles. The number of carbonyl (C=O) groups excluding carboxylic acids is 2. The van der Waals surface area contributed by atoms with E-state index in [1.54, 1.807) is 0 Å². The van der Waals surface area contributed by atoms with Crippen LogP contribution < -0.4 is 4.89 Å². The van der Waals surface area contributed by atoms with Crippen LogP contribution in [0.2, 0.25) is 0 Å². The van der Waals surface area contributed by atoms with E-state index >= 15 is 0 Å². The molecule has 0 spiro atoms. The summed E-state index contributed by atoms with van der Waals surface area (Å²) in [4.78, 5) is 37.8. The molecule has 390 valence electrons. The highest BCUT2D eigenvalue weighted by Crippen LogP contribution is 2.38. The molecule has 0 aliphatic rings. The third-order valence-corrected chi connectivity index (χ3v) is 13.4. The van der Waals surface area contributed by atoms with Gasteiger partial charge in [-0.2, -0.15) is 0 Å². The van der Waals surface area contributed by atoms with Gasteiger partial charge >= 0.3 is 11.9 Å². The molecule has 0 aromatic heterocycles. The molecule has 0 radical (unpaired) electrons. The van der Waals surface area contributed by atoms with Crippen LogP contribution in [0.3, 0.4) is 0 Å². The molecule has 0 saturated heterocycles. The van der Waals surface area contributed by atoms with Crippen LogP contribution >= 0.6 is 7.82 Å². The first-order valence-electron chi connectivity index (χ1n) is 28.0. The third kappa shape index (κ3) is 51.9. The fourth-order valence-electron chi connectivity index (χ4n) is 8.10. The number of likely N-dealkylation sites (N-methyl/N-ethyl adjacent to an activating group) is 1. The molecule has 0 aromatic carbocycles. The molecule has 10 heteroatoms. The van der Waals surface area contributed by atoms with Gasteiger partial charge in [-0.1, -0.05) is 237 Å². The minimum absolute atomic E-state index is 0.0281. The molecular weight excluding hydrogens is 846 g/mol. The summed E-state index contributed by atoms with van der Waals surface area (Å²) in [6.45, 7) is 4.27. The summed E-state index contributed by atoms with van der Waals surface area (Å²) in [6, 6.07) is 0. The maximum Gasteiger partial charge on any atom is 0.306 e. The van der Waals surface area contributed by atoms with Gasteiger partial charge in [0, 0.05) is 12.8 Å². The van der Waals surface area contributed by atoms with Crippen LogP contribution in [0.4, 0.5) is 0 Å². The summed E-state index contributed by atoms with van der Waals surface area (Å²) in [6.07, 6.45) is 56.4. The Morgan fingerprint density at radius 1 is 0.470 bits per heavy atom. The molecule has 0 heterocycles. The Morgan fingerprint density at radius 2 is 0.818 bits per heavy atom. The Hall–Kier alpha value is -1.51. The number of phosphoric acid groups is 1. The molecule has 0 N–H and O–H groups in total. The number of unbranched alkanes of at least 4 members (excludes halogenated alkanes) is 34. The van der Waals surface area contributed by atoms with Gasteiger partial charge < -0.3 is 27.9 Å². The van der Waals surface area contributed by atoms with Crippen molar-refractivity contribution >= 4 is 19.8 Å². The Bertz CT molecular complexity index is 1170. The average molecular weight is 954 g/mol. The van der Waals surface area contributed by atoms with Crippen molar-refractivity contribution in [3.63, 3.8) is 0 Å². The topological polar surface area (TPSA) is 111 Å². The lowest BCUT2D eigenvalue weighted by Gasteiger charge is -2.28. The maximum atomic E-state index is 12.8. The van der Waals surface area contributed by atoms with Crippen LogP contribution in [-0.4, -0.2) is 70.0 Å². The van der Waals surface area contributed by atoms with Crippen LogP contribution in [0.5, 0.6) is 0 Å². The van der Waals surface area contributed by atoms with Crippen LogP contribution in [0.15, 0.2) is 24.3 Å². The zero-order valence-electron chi connectivity index (χ0n) is 44.2. The second-order valence-corrected chi connectivity index (χ2v) is 21.7. The largest absolute Gasteiger partial charge is 0.756 e. The van der Waals surface area contributed by atoms with E-state index in [1.807, 2.05) is 21.1 Å². The van der Waals surface area contributed by atoms with Crippen molar-refractivity contribution in [2.75, 3.05) is 47.5 Å². The number of phosphoric ester groups is 1. The zero-order chi connectivity index (χ0) is 48.5. The number of ether oxygens (including phenoxy) is 2. The second-order valence-electron chi connectivity index (χ2n) is 20.3. The van der Waals surface area contributed by atoms with Gasteiger partial charge in [0.25, 0.3) is 7.82 Å². The Morgan fingerprint density at radius 3 is 1.20 bits per heavy atom. The van der Waals surface area contributed by atoms with E-state index in [1.165, 1.54) is 193 Å². The quantitative estimate of drug-likeness (QED) is 0.0195. The maximum absolute atomic E-state index is 12.8. The lowest BCUT2D eigenvalue weighted by Crippen LogP contribution is -2.37. The average Bonchev–Trinajstić information content (AvgIpc) is 3.27. The van der Waals surface area contributed by atoms with E-state index in [-0.39, 0.29) is 32.0 Å². The van der Waals surface area contributed by atoms with Gasteiger partial charge in [0.15, 0.2) is 6.10 Å². The van der Waals surface area contributed by atoms with Crippen LogP contribution in [0.25, 0.3) is 0 Å². The SMILES string of the molecule is CCCCCCC/C=C\C/C=C\CCCCCCCCCCCCCCCC(=O)OC(COC(=O)CCCCCCCCCCCCCCCCCCC)COP(=O)([O-])OCC[N+](C)(C)C. The Kier molecular flexibility index (Phi) is 47.4. The van der Waals surface area contributed by atoms with Crippen molar-refractivity contribution < 1.29 is 42.1 Å². The first-order valence-corrected chi connectivity index (χ1v) is 29.5. The monoisotopic (exact) mass is 954 g/mol. The molecule has 0 aliphatic heterocycles. The molecule has 0 saturated carbocycles. The Balaban J connectivity index is 4.14. The molecule has 0 amide bonds. The fraction of sp³-hybridized carbons (Fsp3) is 0.893. The van der Waals surface area contributed by atoms with Gasteiger partial charge in [0.1, 0.15) is 19.8 Å². The minimum atomic E-state index is -4.63. The molecule has 2 atom stereocenters. The molecule has 0 fully saturated rings. The molecule has 0 aromatic rings. The Labute approximate surface area is 409 Å². The van der Waals surface area contributed by atoms with Crippen molar-refractivity contribution in [3.8, 4) is 0 Å². The van der Waals surface area contributed by atoms with Crippen molar-refractivity contribution in [2.24, 2.45) is 0 Å². The number of quaternary nitrogens is 1. The highest BCUT2D eigenvalue weighted by Gasteiger charge is 2.22. The minimum Gasteiger partial charge on any atom is -0.756 e. The van der Waals surface area contributed by atoms with E-state index in [0.717, 1.165) is 44.9 Å². The molecular formula is C56H108NO8P. The predicted molar refractivity (Wildman–Crippen MR) is 278 cm³/mol. The first kappa shape index (κ1) is 64.5. The number of carbonyl (C=O) groups is 2. The van der Waals surface area contributed by atoms with Crippen molar-refractivity contribution in [2.45, 2.75) is 277 Å².